The second-order valence-electron chi connectivity index (χ2n) is 8.39. The number of carboxylic acid groups (broad SMARTS) is 1. The van der Waals surface area contributed by atoms with E-state index in [0.717, 1.165) is 44.0 Å². The van der Waals surface area contributed by atoms with Crippen LogP contribution in [0.5, 0.6) is 0 Å². The Morgan fingerprint density at radius 2 is 2.03 bits per heavy atom. The first-order chi connectivity index (χ1) is 15.9. The molecule has 1 saturated heterocycles. The molecule has 1 aromatic carbocycles. The fourth-order valence-corrected chi connectivity index (χ4v) is 4.26. The Hall–Kier alpha value is -3.55. The van der Waals surface area contributed by atoms with Crippen molar-refractivity contribution in [3.8, 4) is 11.3 Å². The van der Waals surface area contributed by atoms with Crippen molar-refractivity contribution in [3.05, 3.63) is 59.2 Å². The SMILES string of the molecule is CCc1cc(C(=O)N2CCCCC[C@H]2C)nc2cc(-c3ccc(/C=C/C(=O)O)cc3F)nn12. The van der Waals surface area contributed by atoms with E-state index in [0.29, 0.717) is 29.0 Å². The molecule has 2 aromatic heterocycles. The van der Waals surface area contributed by atoms with Crippen molar-refractivity contribution < 1.29 is 19.1 Å². The molecule has 0 bridgehead atoms. The van der Waals surface area contributed by atoms with Crippen LogP contribution in [0.15, 0.2) is 36.4 Å². The van der Waals surface area contributed by atoms with E-state index in [2.05, 4.69) is 17.0 Å². The standard InChI is InChI=1S/C25H27FN4O3/c1-3-18-14-22(25(33)29-12-6-4-5-7-16(29)2)27-23-15-21(28-30(18)23)19-10-8-17(13-20(19)26)9-11-24(31)32/h8-11,13-16H,3-7,12H2,1-2H3,(H,31,32)/b11-9+/t16-/m1/s1. The molecule has 0 radical (unpaired) electrons. The number of aliphatic carboxylic acids is 1. The van der Waals surface area contributed by atoms with E-state index in [1.165, 1.54) is 12.1 Å². The average Bonchev–Trinajstić information content (AvgIpc) is 3.10. The van der Waals surface area contributed by atoms with Gasteiger partial charge in [0.05, 0.1) is 5.69 Å². The van der Waals surface area contributed by atoms with Crippen LogP contribution in [0.25, 0.3) is 23.0 Å². The van der Waals surface area contributed by atoms with Gasteiger partial charge >= 0.3 is 5.97 Å². The number of fused-ring (bicyclic) bond motifs is 1. The van der Waals surface area contributed by atoms with Gasteiger partial charge in [-0.05, 0) is 56.0 Å². The molecule has 0 saturated carbocycles. The second kappa shape index (κ2) is 9.52. The number of halogens is 1. The van der Waals surface area contributed by atoms with Gasteiger partial charge < -0.3 is 10.0 Å². The zero-order valence-electron chi connectivity index (χ0n) is 18.8. The van der Waals surface area contributed by atoms with Gasteiger partial charge in [0.25, 0.3) is 5.91 Å². The summed E-state index contributed by atoms with van der Waals surface area (Å²) in [6, 6.07) is 8.09. The summed E-state index contributed by atoms with van der Waals surface area (Å²) in [5.74, 6) is -1.69. The van der Waals surface area contributed by atoms with Gasteiger partial charge in [-0.3, -0.25) is 4.79 Å². The zero-order chi connectivity index (χ0) is 23.5. The molecule has 7 nitrogen and oxygen atoms in total. The molecule has 8 heteroatoms. The van der Waals surface area contributed by atoms with Gasteiger partial charge in [-0.1, -0.05) is 25.8 Å². The molecule has 3 heterocycles. The van der Waals surface area contributed by atoms with Crippen LogP contribution in [0.3, 0.4) is 0 Å². The van der Waals surface area contributed by atoms with Gasteiger partial charge in [0.15, 0.2) is 5.65 Å². The molecule has 1 aliphatic rings. The molecule has 172 valence electrons. The van der Waals surface area contributed by atoms with Crippen LogP contribution in [0.2, 0.25) is 0 Å². The Bertz CT molecular complexity index is 1230. The summed E-state index contributed by atoms with van der Waals surface area (Å²) in [6.07, 6.45) is 7.16. The van der Waals surface area contributed by atoms with Crippen LogP contribution in [0.1, 0.15) is 61.3 Å². The molecule has 3 aromatic rings. The van der Waals surface area contributed by atoms with Gasteiger partial charge in [-0.25, -0.2) is 18.7 Å². The number of carbonyl (C=O) groups excluding carboxylic acids is 1. The Morgan fingerprint density at radius 3 is 2.76 bits per heavy atom. The summed E-state index contributed by atoms with van der Waals surface area (Å²) in [5, 5.41) is 13.3. The fourth-order valence-electron chi connectivity index (χ4n) is 4.26. The molecule has 1 fully saturated rings. The number of hydrogen-bond acceptors (Lipinski definition) is 4. The number of nitrogens with zero attached hydrogens (tertiary/aromatic N) is 4. The van der Waals surface area contributed by atoms with Gasteiger partial charge in [0.1, 0.15) is 11.5 Å². The van der Waals surface area contributed by atoms with Gasteiger partial charge in [-0.15, -0.1) is 0 Å². The lowest BCUT2D eigenvalue weighted by molar-refractivity contribution is -0.131. The maximum absolute atomic E-state index is 14.8. The largest absolute Gasteiger partial charge is 0.478 e. The van der Waals surface area contributed by atoms with E-state index in [9.17, 15) is 14.0 Å². The highest BCUT2D eigenvalue weighted by molar-refractivity contribution is 5.93. The van der Waals surface area contributed by atoms with Crippen LogP contribution in [0.4, 0.5) is 4.39 Å². The van der Waals surface area contributed by atoms with E-state index in [1.807, 2.05) is 11.8 Å². The number of rotatable bonds is 5. The topological polar surface area (TPSA) is 87.8 Å². The monoisotopic (exact) mass is 450 g/mol. The summed E-state index contributed by atoms with van der Waals surface area (Å²) in [4.78, 5) is 30.5. The number of aryl methyl sites for hydroxylation is 1. The lowest BCUT2D eigenvalue weighted by Gasteiger charge is -2.27. The lowest BCUT2D eigenvalue weighted by Crippen LogP contribution is -2.38. The van der Waals surface area contributed by atoms with Crippen LogP contribution in [0, 0.1) is 5.82 Å². The number of aromatic nitrogens is 3. The third kappa shape index (κ3) is 4.79. The minimum atomic E-state index is -1.10. The summed E-state index contributed by atoms with van der Waals surface area (Å²) in [7, 11) is 0. The zero-order valence-corrected chi connectivity index (χ0v) is 18.8. The summed E-state index contributed by atoms with van der Waals surface area (Å²) < 4.78 is 16.4. The third-order valence-corrected chi connectivity index (χ3v) is 6.08. The molecule has 1 amide bonds. The van der Waals surface area contributed by atoms with Crippen molar-refractivity contribution in [1.29, 1.82) is 0 Å². The minimum absolute atomic E-state index is 0.0786. The number of amides is 1. The molecule has 1 N–H and O–H groups in total. The van der Waals surface area contributed by atoms with Crippen molar-refractivity contribution >= 4 is 23.6 Å². The number of benzene rings is 1. The number of carboxylic acids is 1. The minimum Gasteiger partial charge on any atom is -0.478 e. The molecule has 0 spiro atoms. The van der Waals surface area contributed by atoms with Crippen LogP contribution in [-0.2, 0) is 11.2 Å². The molecule has 1 aliphatic heterocycles. The molecule has 0 aliphatic carbocycles. The first-order valence-electron chi connectivity index (χ1n) is 11.3. The van der Waals surface area contributed by atoms with Crippen LogP contribution in [-0.4, -0.2) is 49.1 Å². The second-order valence-corrected chi connectivity index (χ2v) is 8.39. The first-order valence-corrected chi connectivity index (χ1v) is 11.3. The molecular formula is C25H27FN4O3. The van der Waals surface area contributed by atoms with Crippen LogP contribution < -0.4 is 0 Å². The van der Waals surface area contributed by atoms with Crippen molar-refractivity contribution in [3.63, 3.8) is 0 Å². The predicted octanol–water partition coefficient (Wildman–Crippen LogP) is 4.60. The molecule has 1 atom stereocenters. The van der Waals surface area contributed by atoms with E-state index < -0.39 is 11.8 Å². The van der Waals surface area contributed by atoms with E-state index in [4.69, 9.17) is 5.11 Å². The average molecular weight is 451 g/mol. The lowest BCUT2D eigenvalue weighted by atomic mass is 10.1. The maximum atomic E-state index is 14.8. The maximum Gasteiger partial charge on any atom is 0.328 e. The van der Waals surface area contributed by atoms with Crippen molar-refractivity contribution in [2.45, 2.75) is 52.0 Å². The quantitative estimate of drug-likeness (QED) is 0.574. The van der Waals surface area contributed by atoms with Gasteiger partial charge in [0.2, 0.25) is 0 Å². The highest BCUT2D eigenvalue weighted by atomic mass is 19.1. The van der Waals surface area contributed by atoms with Gasteiger partial charge in [-0.2, -0.15) is 5.10 Å². The van der Waals surface area contributed by atoms with E-state index in [1.54, 1.807) is 28.8 Å². The van der Waals surface area contributed by atoms with Crippen molar-refractivity contribution in [2.75, 3.05) is 6.54 Å². The van der Waals surface area contributed by atoms with Crippen molar-refractivity contribution in [2.24, 2.45) is 0 Å². The summed E-state index contributed by atoms with van der Waals surface area (Å²) >= 11 is 0. The van der Waals surface area contributed by atoms with E-state index >= 15 is 0 Å². The Kier molecular flexibility index (Phi) is 6.53. The third-order valence-electron chi connectivity index (χ3n) is 6.08. The summed E-state index contributed by atoms with van der Waals surface area (Å²) in [6.45, 7) is 4.79. The highest BCUT2D eigenvalue weighted by Crippen LogP contribution is 2.26. The Balaban J connectivity index is 1.70. The molecular weight excluding hydrogens is 423 g/mol. The normalized spacial score (nSPS) is 16.9. The fraction of sp³-hybridized carbons (Fsp3) is 0.360. The van der Waals surface area contributed by atoms with Crippen molar-refractivity contribution in [1.82, 2.24) is 19.5 Å². The smallest absolute Gasteiger partial charge is 0.328 e. The van der Waals surface area contributed by atoms with Gasteiger partial charge in [0, 0.05) is 36.0 Å². The number of hydrogen-bond donors (Lipinski definition) is 1. The Labute approximate surface area is 191 Å². The summed E-state index contributed by atoms with van der Waals surface area (Å²) in [5.41, 5.74) is 2.81. The molecule has 33 heavy (non-hydrogen) atoms. The van der Waals surface area contributed by atoms with E-state index in [-0.39, 0.29) is 17.5 Å². The van der Waals surface area contributed by atoms with Crippen LogP contribution >= 0.6 is 0 Å². The Morgan fingerprint density at radius 1 is 1.21 bits per heavy atom. The first kappa shape index (κ1) is 22.6. The molecule has 4 rings (SSSR count). The molecule has 0 unspecified atom stereocenters. The highest BCUT2D eigenvalue weighted by Gasteiger charge is 2.25. The number of likely N-dealkylation sites (tertiary alicyclic amines) is 1. The number of carbonyl (C=O) groups is 2. The predicted molar refractivity (Wildman–Crippen MR) is 123 cm³/mol.